The van der Waals surface area contributed by atoms with E-state index in [0.29, 0.717) is 0 Å². The first-order valence-corrected chi connectivity index (χ1v) is 7.66. The zero-order valence-corrected chi connectivity index (χ0v) is 11.8. The van der Waals surface area contributed by atoms with Crippen molar-refractivity contribution in [2.75, 3.05) is 26.7 Å². The van der Waals surface area contributed by atoms with Gasteiger partial charge < -0.3 is 10.2 Å². The lowest BCUT2D eigenvalue weighted by Gasteiger charge is -2.32. The summed E-state index contributed by atoms with van der Waals surface area (Å²) in [5, 5.41) is 3.54. The molecule has 0 spiro atoms. The van der Waals surface area contributed by atoms with Crippen molar-refractivity contribution in [3.8, 4) is 0 Å². The Morgan fingerprint density at radius 1 is 1.06 bits per heavy atom. The summed E-state index contributed by atoms with van der Waals surface area (Å²) in [5.74, 6) is 1.86. The SMILES string of the molecule is CC1CCCC(N(C)CC2CCCNC2)CC1. The van der Waals surface area contributed by atoms with Crippen molar-refractivity contribution in [3.05, 3.63) is 0 Å². The van der Waals surface area contributed by atoms with Gasteiger partial charge in [0.15, 0.2) is 0 Å². The molecule has 2 aliphatic rings. The van der Waals surface area contributed by atoms with Gasteiger partial charge in [-0.3, -0.25) is 0 Å². The van der Waals surface area contributed by atoms with E-state index in [1.807, 2.05) is 0 Å². The third kappa shape index (κ3) is 4.26. The molecule has 3 atom stereocenters. The highest BCUT2D eigenvalue weighted by molar-refractivity contribution is 4.78. The minimum atomic E-state index is 0.863. The molecule has 2 rings (SSSR count). The van der Waals surface area contributed by atoms with Crippen LogP contribution >= 0.6 is 0 Å². The van der Waals surface area contributed by atoms with E-state index in [-0.39, 0.29) is 0 Å². The van der Waals surface area contributed by atoms with Crippen molar-refractivity contribution in [2.24, 2.45) is 11.8 Å². The number of piperidine rings is 1. The molecule has 2 heteroatoms. The molecule has 0 aromatic heterocycles. The van der Waals surface area contributed by atoms with Crippen molar-refractivity contribution >= 4 is 0 Å². The van der Waals surface area contributed by atoms with Gasteiger partial charge in [0.25, 0.3) is 0 Å². The van der Waals surface area contributed by atoms with Gasteiger partial charge in [0.1, 0.15) is 0 Å². The number of hydrogen-bond acceptors (Lipinski definition) is 2. The van der Waals surface area contributed by atoms with E-state index >= 15 is 0 Å². The fourth-order valence-corrected chi connectivity index (χ4v) is 3.54. The van der Waals surface area contributed by atoms with Crippen LogP contribution in [0.15, 0.2) is 0 Å². The molecule has 1 saturated heterocycles. The molecule has 1 heterocycles. The predicted octanol–water partition coefficient (Wildman–Crippen LogP) is 2.89. The van der Waals surface area contributed by atoms with Gasteiger partial charge in [0, 0.05) is 12.6 Å². The van der Waals surface area contributed by atoms with E-state index in [2.05, 4.69) is 24.2 Å². The maximum Gasteiger partial charge on any atom is 0.00924 e. The molecule has 0 aromatic rings. The highest BCUT2D eigenvalue weighted by atomic mass is 15.1. The Morgan fingerprint density at radius 3 is 2.71 bits per heavy atom. The second-order valence-corrected chi connectivity index (χ2v) is 6.42. The molecule has 0 amide bonds. The molecule has 2 nitrogen and oxygen atoms in total. The molecule has 100 valence electrons. The van der Waals surface area contributed by atoms with Crippen molar-refractivity contribution in [2.45, 2.75) is 57.9 Å². The normalized spacial score (nSPS) is 35.8. The molecule has 1 N–H and O–H groups in total. The fourth-order valence-electron chi connectivity index (χ4n) is 3.54. The minimum absolute atomic E-state index is 0.863. The fraction of sp³-hybridized carbons (Fsp3) is 1.00. The molecule has 1 aliphatic heterocycles. The van der Waals surface area contributed by atoms with Gasteiger partial charge in [0.2, 0.25) is 0 Å². The summed E-state index contributed by atoms with van der Waals surface area (Å²) in [5.41, 5.74) is 0. The van der Waals surface area contributed by atoms with Crippen molar-refractivity contribution < 1.29 is 0 Å². The average Bonchev–Trinajstić information content (AvgIpc) is 2.55. The van der Waals surface area contributed by atoms with Crippen molar-refractivity contribution in [1.29, 1.82) is 0 Å². The first-order chi connectivity index (χ1) is 8.25. The monoisotopic (exact) mass is 238 g/mol. The Kier molecular flexibility index (Phi) is 5.30. The van der Waals surface area contributed by atoms with Gasteiger partial charge >= 0.3 is 0 Å². The summed E-state index contributed by atoms with van der Waals surface area (Å²) in [6, 6.07) is 0.863. The van der Waals surface area contributed by atoms with E-state index in [9.17, 15) is 0 Å². The summed E-state index contributed by atoms with van der Waals surface area (Å²) in [6.45, 7) is 6.22. The highest BCUT2D eigenvalue weighted by Crippen LogP contribution is 2.26. The Labute approximate surface area is 107 Å². The zero-order chi connectivity index (χ0) is 12.1. The summed E-state index contributed by atoms with van der Waals surface area (Å²) >= 11 is 0. The Morgan fingerprint density at radius 2 is 1.94 bits per heavy atom. The van der Waals surface area contributed by atoms with E-state index in [0.717, 1.165) is 17.9 Å². The summed E-state index contributed by atoms with van der Waals surface area (Å²) in [7, 11) is 2.36. The molecule has 0 bridgehead atoms. The van der Waals surface area contributed by atoms with E-state index in [1.165, 1.54) is 64.6 Å². The molecule has 0 aromatic carbocycles. The molecule has 1 aliphatic carbocycles. The third-order valence-electron chi connectivity index (χ3n) is 4.80. The van der Waals surface area contributed by atoms with Crippen LogP contribution in [0.25, 0.3) is 0 Å². The number of nitrogens with zero attached hydrogens (tertiary/aromatic N) is 1. The smallest absolute Gasteiger partial charge is 0.00924 e. The molecule has 17 heavy (non-hydrogen) atoms. The van der Waals surface area contributed by atoms with Crippen LogP contribution < -0.4 is 5.32 Å². The van der Waals surface area contributed by atoms with Crippen molar-refractivity contribution in [3.63, 3.8) is 0 Å². The molecular formula is C15H30N2. The Balaban J connectivity index is 1.75. The van der Waals surface area contributed by atoms with Crippen LogP contribution in [0, 0.1) is 11.8 Å². The maximum absolute atomic E-state index is 3.54. The summed E-state index contributed by atoms with van der Waals surface area (Å²) < 4.78 is 0. The van der Waals surface area contributed by atoms with E-state index in [4.69, 9.17) is 0 Å². The van der Waals surface area contributed by atoms with Crippen LogP contribution in [-0.4, -0.2) is 37.6 Å². The predicted molar refractivity (Wildman–Crippen MR) is 74.3 cm³/mol. The summed E-state index contributed by atoms with van der Waals surface area (Å²) in [6.07, 6.45) is 10.0. The van der Waals surface area contributed by atoms with Crippen LogP contribution in [0.4, 0.5) is 0 Å². The van der Waals surface area contributed by atoms with Crippen LogP contribution in [-0.2, 0) is 0 Å². The van der Waals surface area contributed by atoms with Gasteiger partial charge in [-0.1, -0.05) is 19.8 Å². The van der Waals surface area contributed by atoms with Crippen LogP contribution in [0.1, 0.15) is 51.9 Å². The average molecular weight is 238 g/mol. The number of rotatable bonds is 3. The third-order valence-corrected chi connectivity index (χ3v) is 4.80. The van der Waals surface area contributed by atoms with Gasteiger partial charge in [-0.15, -0.1) is 0 Å². The lowest BCUT2D eigenvalue weighted by atomic mass is 9.97. The van der Waals surface area contributed by atoms with Gasteiger partial charge in [-0.25, -0.2) is 0 Å². The zero-order valence-electron chi connectivity index (χ0n) is 11.8. The maximum atomic E-state index is 3.54. The largest absolute Gasteiger partial charge is 0.316 e. The molecule has 2 fully saturated rings. The number of hydrogen-bond donors (Lipinski definition) is 1. The second-order valence-electron chi connectivity index (χ2n) is 6.42. The Bertz CT molecular complexity index is 211. The van der Waals surface area contributed by atoms with Crippen molar-refractivity contribution in [1.82, 2.24) is 10.2 Å². The van der Waals surface area contributed by atoms with Crippen LogP contribution in [0.3, 0.4) is 0 Å². The molecule has 1 saturated carbocycles. The topological polar surface area (TPSA) is 15.3 Å². The molecule has 0 radical (unpaired) electrons. The molecule has 3 unspecified atom stereocenters. The quantitative estimate of drug-likeness (QED) is 0.761. The van der Waals surface area contributed by atoms with Crippen LogP contribution in [0.2, 0.25) is 0 Å². The van der Waals surface area contributed by atoms with Gasteiger partial charge in [0.05, 0.1) is 0 Å². The van der Waals surface area contributed by atoms with Gasteiger partial charge in [-0.05, 0) is 64.1 Å². The van der Waals surface area contributed by atoms with E-state index in [1.54, 1.807) is 0 Å². The second kappa shape index (κ2) is 6.75. The number of nitrogens with one attached hydrogen (secondary N) is 1. The first-order valence-electron chi connectivity index (χ1n) is 7.66. The summed E-state index contributed by atoms with van der Waals surface area (Å²) in [4.78, 5) is 2.66. The highest BCUT2D eigenvalue weighted by Gasteiger charge is 2.22. The lowest BCUT2D eigenvalue weighted by molar-refractivity contribution is 0.173. The van der Waals surface area contributed by atoms with Crippen LogP contribution in [0.5, 0.6) is 0 Å². The first kappa shape index (κ1) is 13.4. The molecular weight excluding hydrogens is 208 g/mol. The van der Waals surface area contributed by atoms with E-state index < -0.39 is 0 Å². The standard InChI is InChI=1S/C15H30N2/c1-13-5-3-7-15(9-8-13)17(2)12-14-6-4-10-16-11-14/h13-16H,3-12H2,1-2H3. The van der Waals surface area contributed by atoms with Gasteiger partial charge in [-0.2, -0.15) is 0 Å². The Hall–Kier alpha value is -0.0800. The minimum Gasteiger partial charge on any atom is -0.316 e. The lowest BCUT2D eigenvalue weighted by Crippen LogP contribution is -2.40.